The quantitative estimate of drug-likeness (QED) is 0.0640. The molecule has 1 aromatic carbocycles. The van der Waals surface area contributed by atoms with Crippen LogP contribution < -0.4 is 10.6 Å². The Labute approximate surface area is 315 Å². The van der Waals surface area contributed by atoms with Crippen LogP contribution in [0.15, 0.2) is 163 Å². The van der Waals surface area contributed by atoms with Crippen molar-refractivity contribution in [3.05, 3.63) is 180 Å². The van der Waals surface area contributed by atoms with E-state index in [4.69, 9.17) is 0 Å². The smallest absolute Gasteiger partial charge is 0.0494 e. The van der Waals surface area contributed by atoms with Crippen LogP contribution in [-0.4, -0.2) is 16.5 Å². The molecule has 2 N–H and O–H groups in total. The summed E-state index contributed by atoms with van der Waals surface area (Å²) in [5, 5.41) is 7.09. The number of benzene rings is 1. The predicted octanol–water partition coefficient (Wildman–Crippen LogP) is 13.7. The van der Waals surface area contributed by atoms with Gasteiger partial charge in [-0.1, -0.05) is 118 Å². The van der Waals surface area contributed by atoms with Gasteiger partial charge >= 0.3 is 0 Å². The number of allylic oxidation sites excluding steroid dienone is 14. The van der Waals surface area contributed by atoms with Crippen molar-refractivity contribution in [3.63, 3.8) is 0 Å². The van der Waals surface area contributed by atoms with Crippen molar-refractivity contribution < 1.29 is 0 Å². The molecule has 1 aliphatic carbocycles. The summed E-state index contributed by atoms with van der Waals surface area (Å²) in [6.45, 7) is 18.8. The van der Waals surface area contributed by atoms with Crippen LogP contribution in [-0.2, 0) is 6.42 Å². The summed E-state index contributed by atoms with van der Waals surface area (Å²) in [5.41, 5.74) is 15.1. The van der Waals surface area contributed by atoms with E-state index in [0.717, 1.165) is 72.4 Å². The van der Waals surface area contributed by atoms with E-state index in [0.29, 0.717) is 0 Å². The van der Waals surface area contributed by atoms with Gasteiger partial charge in [-0.05, 0) is 99.1 Å². The van der Waals surface area contributed by atoms with E-state index < -0.39 is 0 Å². The summed E-state index contributed by atoms with van der Waals surface area (Å²) in [6.07, 6.45) is 39.9. The molecular weight excluding hydrogens is 633 g/mol. The molecule has 0 bridgehead atoms. The van der Waals surface area contributed by atoms with Gasteiger partial charge in [0.05, 0.1) is 0 Å². The van der Waals surface area contributed by atoms with Crippen molar-refractivity contribution >= 4 is 28.7 Å². The minimum atomic E-state index is 0.766. The second kappa shape index (κ2) is 26.4. The third-order valence-corrected chi connectivity index (χ3v) is 7.96. The summed E-state index contributed by atoms with van der Waals surface area (Å²) in [4.78, 5) is 8.62. The lowest BCUT2D eigenvalue weighted by Crippen LogP contribution is -2.00. The number of aromatic nitrogens is 2. The Morgan fingerprint density at radius 2 is 1.58 bits per heavy atom. The lowest BCUT2D eigenvalue weighted by molar-refractivity contribution is 1.06. The second-order valence-corrected chi connectivity index (χ2v) is 11.5. The van der Waals surface area contributed by atoms with Crippen LogP contribution in [0.2, 0.25) is 0 Å². The van der Waals surface area contributed by atoms with Crippen molar-refractivity contribution in [2.24, 2.45) is 0 Å². The van der Waals surface area contributed by atoms with Gasteiger partial charge in [-0.3, -0.25) is 9.97 Å². The fraction of sp³-hybridized carbons (Fsp3) is 0.271. The van der Waals surface area contributed by atoms with E-state index in [1.165, 1.54) is 22.3 Å². The molecule has 0 saturated carbocycles. The number of rotatable bonds is 17. The molecule has 0 saturated heterocycles. The highest BCUT2D eigenvalue weighted by atomic mass is 14.9. The summed E-state index contributed by atoms with van der Waals surface area (Å²) in [5.74, 6) is 0. The number of hydrogen-bond acceptors (Lipinski definition) is 4. The predicted molar refractivity (Wildman–Crippen MR) is 231 cm³/mol. The van der Waals surface area contributed by atoms with E-state index in [1.807, 2.05) is 90.6 Å². The summed E-state index contributed by atoms with van der Waals surface area (Å²) < 4.78 is 0. The molecule has 4 heteroatoms. The molecule has 0 spiro atoms. The van der Waals surface area contributed by atoms with Crippen molar-refractivity contribution in [2.75, 3.05) is 17.2 Å². The average molecular weight is 693 g/mol. The molecule has 2 heterocycles. The SMILES string of the molecule is C=CCC/C=C/c1cnccc1NC/C=C\C/C(=C\C)CC1=CC=C=C(Cc2ccc(Nc3ccncc3C(/C=C\C)=C/C)cc2)C=C1.CC.CC. The number of nitrogens with one attached hydrogen (secondary N) is 2. The molecule has 52 heavy (non-hydrogen) atoms. The Kier molecular flexibility index (Phi) is 21.7. The van der Waals surface area contributed by atoms with Crippen LogP contribution in [0.1, 0.15) is 90.8 Å². The Hall–Kier alpha value is -5.44. The fourth-order valence-electron chi connectivity index (χ4n) is 5.30. The Bertz CT molecular complexity index is 1790. The molecule has 0 atom stereocenters. The molecule has 2 aromatic heterocycles. The van der Waals surface area contributed by atoms with Crippen LogP contribution >= 0.6 is 0 Å². The van der Waals surface area contributed by atoms with Crippen molar-refractivity contribution in [1.29, 1.82) is 0 Å². The zero-order valence-corrected chi connectivity index (χ0v) is 32.6. The average Bonchev–Trinajstić information content (AvgIpc) is 3.42. The maximum atomic E-state index is 4.34. The molecular formula is C48H60N4. The summed E-state index contributed by atoms with van der Waals surface area (Å²) in [7, 11) is 0. The Morgan fingerprint density at radius 1 is 0.827 bits per heavy atom. The summed E-state index contributed by atoms with van der Waals surface area (Å²) in [6, 6.07) is 12.7. The number of unbranched alkanes of at least 4 members (excludes halogenated alkanes) is 1. The monoisotopic (exact) mass is 692 g/mol. The van der Waals surface area contributed by atoms with Gasteiger partial charge in [-0.15, -0.1) is 12.3 Å². The highest BCUT2D eigenvalue weighted by Gasteiger charge is 2.07. The van der Waals surface area contributed by atoms with Crippen LogP contribution in [0, 0.1) is 0 Å². The van der Waals surface area contributed by atoms with E-state index >= 15 is 0 Å². The Morgan fingerprint density at radius 3 is 2.29 bits per heavy atom. The molecule has 3 aromatic rings. The third-order valence-electron chi connectivity index (χ3n) is 7.96. The number of pyridine rings is 2. The molecule has 0 amide bonds. The van der Waals surface area contributed by atoms with Crippen LogP contribution in [0.25, 0.3) is 11.6 Å². The first kappa shape index (κ1) is 42.7. The van der Waals surface area contributed by atoms with Gasteiger partial charge < -0.3 is 10.6 Å². The van der Waals surface area contributed by atoms with Crippen molar-refractivity contribution in [3.8, 4) is 0 Å². The number of hydrogen-bond donors (Lipinski definition) is 2. The maximum Gasteiger partial charge on any atom is 0.0494 e. The minimum absolute atomic E-state index is 0.766. The normalized spacial score (nSPS) is 12.8. The molecule has 0 fully saturated rings. The molecule has 272 valence electrons. The van der Waals surface area contributed by atoms with Crippen LogP contribution in [0.5, 0.6) is 0 Å². The lowest BCUT2D eigenvalue weighted by atomic mass is 10.0. The fourth-order valence-corrected chi connectivity index (χ4v) is 5.30. The van der Waals surface area contributed by atoms with E-state index in [9.17, 15) is 0 Å². The largest absolute Gasteiger partial charge is 0.381 e. The topological polar surface area (TPSA) is 49.8 Å². The summed E-state index contributed by atoms with van der Waals surface area (Å²) >= 11 is 0. The molecule has 4 nitrogen and oxygen atoms in total. The van der Waals surface area contributed by atoms with Crippen molar-refractivity contribution in [2.45, 2.75) is 80.6 Å². The van der Waals surface area contributed by atoms with Gasteiger partial charge in [0.2, 0.25) is 0 Å². The van der Waals surface area contributed by atoms with E-state index in [1.54, 1.807) is 0 Å². The van der Waals surface area contributed by atoms with E-state index in [2.05, 4.69) is 131 Å². The minimum Gasteiger partial charge on any atom is -0.381 e. The number of anilines is 3. The zero-order chi connectivity index (χ0) is 37.8. The highest BCUT2D eigenvalue weighted by molar-refractivity contribution is 5.83. The molecule has 0 unspecified atom stereocenters. The van der Waals surface area contributed by atoms with Gasteiger partial charge in [0.15, 0.2) is 0 Å². The zero-order valence-electron chi connectivity index (χ0n) is 32.6. The van der Waals surface area contributed by atoms with Crippen LogP contribution in [0.4, 0.5) is 17.1 Å². The first-order valence-corrected chi connectivity index (χ1v) is 18.8. The first-order chi connectivity index (χ1) is 25.6. The second-order valence-electron chi connectivity index (χ2n) is 11.5. The maximum absolute atomic E-state index is 4.34. The molecule has 0 radical (unpaired) electrons. The first-order valence-electron chi connectivity index (χ1n) is 18.8. The van der Waals surface area contributed by atoms with Gasteiger partial charge in [0.1, 0.15) is 0 Å². The van der Waals surface area contributed by atoms with Gasteiger partial charge in [0, 0.05) is 65.9 Å². The Balaban J connectivity index is 0.00000226. The molecule has 1 aliphatic rings. The van der Waals surface area contributed by atoms with Gasteiger partial charge in [-0.25, -0.2) is 0 Å². The lowest BCUT2D eigenvalue weighted by Gasteiger charge is -2.13. The highest BCUT2D eigenvalue weighted by Crippen LogP contribution is 2.28. The van der Waals surface area contributed by atoms with Crippen LogP contribution in [0.3, 0.4) is 0 Å². The molecule has 4 rings (SSSR count). The van der Waals surface area contributed by atoms with Crippen molar-refractivity contribution in [1.82, 2.24) is 9.97 Å². The standard InChI is InChI=1S/C44H48N4.2C2H6/c1-5-9-10-11-19-40-33-45-29-26-43(40)47-28-13-12-16-35(7-3)31-36-17-14-18-37(21-20-36)32-38-22-24-41(25-23-38)48-44-27-30-46-34-42(44)39(8-4)15-6-2;2*1-2/h5-8,11-15,17,19-27,29-30,33-34H,1,9-10,16,28,31-32H2,2-4H3,(H,45,47)(H,46,48);2*1-2H3/b13-12-,15-6-,19-11+,35-7+,39-8+;;. The van der Waals surface area contributed by atoms with Gasteiger partial charge in [0.25, 0.3) is 0 Å². The number of nitrogens with zero attached hydrogens (tertiary/aromatic N) is 2. The molecule has 0 aliphatic heterocycles. The van der Waals surface area contributed by atoms with Gasteiger partial charge in [-0.2, -0.15) is 0 Å². The van der Waals surface area contributed by atoms with E-state index in [-0.39, 0.29) is 0 Å². The third kappa shape index (κ3) is 15.2.